The van der Waals surface area contributed by atoms with Crippen molar-refractivity contribution in [1.29, 1.82) is 0 Å². The molecule has 0 unspecified atom stereocenters. The van der Waals surface area contributed by atoms with E-state index < -0.39 is 0 Å². The number of phenolic OH excluding ortho intramolecular Hbond substituents is 2. The molecule has 0 saturated heterocycles. The molecule has 32 heavy (non-hydrogen) atoms. The van der Waals surface area contributed by atoms with Crippen molar-refractivity contribution in [2.75, 3.05) is 14.2 Å². The molecule has 4 heteroatoms. The van der Waals surface area contributed by atoms with Gasteiger partial charge in [0.15, 0.2) is 0 Å². The summed E-state index contributed by atoms with van der Waals surface area (Å²) in [5.74, 6) is 1.54. The molecule has 0 fully saturated rings. The molecule has 0 radical (unpaired) electrons. The Kier molecular flexibility index (Phi) is 6.13. The van der Waals surface area contributed by atoms with Crippen LogP contribution in [0.25, 0.3) is 11.1 Å². The van der Waals surface area contributed by atoms with Gasteiger partial charge in [0.25, 0.3) is 0 Å². The van der Waals surface area contributed by atoms with Crippen molar-refractivity contribution >= 4 is 11.1 Å². The van der Waals surface area contributed by atoms with Gasteiger partial charge in [-0.05, 0) is 24.3 Å². The molecular formula is C28H24O4. The van der Waals surface area contributed by atoms with Crippen LogP contribution in [0.1, 0.15) is 22.3 Å². The van der Waals surface area contributed by atoms with Crippen LogP contribution in [0.4, 0.5) is 0 Å². The van der Waals surface area contributed by atoms with Crippen molar-refractivity contribution < 1.29 is 19.7 Å². The van der Waals surface area contributed by atoms with E-state index >= 15 is 0 Å². The summed E-state index contributed by atoms with van der Waals surface area (Å²) in [6, 6.07) is 29.6. The van der Waals surface area contributed by atoms with Gasteiger partial charge in [0.05, 0.1) is 14.2 Å². The van der Waals surface area contributed by atoms with Crippen LogP contribution in [-0.2, 0) is 0 Å². The molecule has 4 aromatic carbocycles. The molecule has 0 spiro atoms. The Morgan fingerprint density at radius 3 is 1.12 bits per heavy atom. The van der Waals surface area contributed by atoms with E-state index in [-0.39, 0.29) is 11.5 Å². The quantitative estimate of drug-likeness (QED) is 0.366. The fourth-order valence-electron chi connectivity index (χ4n) is 3.90. The third kappa shape index (κ3) is 3.91. The van der Waals surface area contributed by atoms with Crippen molar-refractivity contribution in [2.45, 2.75) is 0 Å². The van der Waals surface area contributed by atoms with Gasteiger partial charge in [0, 0.05) is 33.4 Å². The first-order valence-corrected chi connectivity index (χ1v) is 10.2. The van der Waals surface area contributed by atoms with Crippen LogP contribution < -0.4 is 9.47 Å². The van der Waals surface area contributed by atoms with Gasteiger partial charge in [0.1, 0.15) is 23.0 Å². The van der Waals surface area contributed by atoms with Crippen LogP contribution in [0.5, 0.6) is 23.0 Å². The Hall–Kier alpha value is -4.18. The summed E-state index contributed by atoms with van der Waals surface area (Å²) in [5, 5.41) is 21.8. The normalized spacial score (nSPS) is 11.6. The van der Waals surface area contributed by atoms with Gasteiger partial charge in [-0.25, -0.2) is 0 Å². The second-order valence-electron chi connectivity index (χ2n) is 7.18. The first-order chi connectivity index (χ1) is 15.7. The lowest BCUT2D eigenvalue weighted by molar-refractivity contribution is 0.413. The number of methoxy groups -OCH3 is 2. The molecule has 4 aromatic rings. The monoisotopic (exact) mass is 424 g/mol. The average Bonchev–Trinajstić information content (AvgIpc) is 2.84. The van der Waals surface area contributed by atoms with Crippen molar-refractivity contribution in [3.63, 3.8) is 0 Å². The van der Waals surface area contributed by atoms with Crippen molar-refractivity contribution in [2.24, 2.45) is 0 Å². The summed E-state index contributed by atoms with van der Waals surface area (Å²) in [4.78, 5) is 0. The molecule has 0 heterocycles. The molecule has 0 saturated carbocycles. The Morgan fingerprint density at radius 1 is 0.469 bits per heavy atom. The van der Waals surface area contributed by atoms with Crippen molar-refractivity contribution in [3.05, 3.63) is 119 Å². The van der Waals surface area contributed by atoms with Gasteiger partial charge in [-0.2, -0.15) is 0 Å². The highest BCUT2D eigenvalue weighted by molar-refractivity contribution is 6.08. The Morgan fingerprint density at radius 2 is 0.781 bits per heavy atom. The zero-order valence-electron chi connectivity index (χ0n) is 17.9. The molecule has 160 valence electrons. The van der Waals surface area contributed by atoms with Crippen LogP contribution in [0.15, 0.2) is 97.1 Å². The maximum atomic E-state index is 10.9. The Bertz CT molecular complexity index is 1170. The summed E-state index contributed by atoms with van der Waals surface area (Å²) in [6.07, 6.45) is 0. The van der Waals surface area contributed by atoms with Gasteiger partial charge >= 0.3 is 0 Å². The summed E-state index contributed by atoms with van der Waals surface area (Å²) < 4.78 is 11.4. The lowest BCUT2D eigenvalue weighted by Crippen LogP contribution is -2.02. The summed E-state index contributed by atoms with van der Waals surface area (Å²) >= 11 is 0. The molecule has 0 aliphatic heterocycles. The molecule has 4 nitrogen and oxygen atoms in total. The minimum atomic E-state index is 0.122. The van der Waals surface area contributed by atoms with Gasteiger partial charge in [-0.3, -0.25) is 0 Å². The molecule has 0 aliphatic carbocycles. The highest BCUT2D eigenvalue weighted by atomic mass is 16.5. The zero-order chi connectivity index (χ0) is 22.5. The summed E-state index contributed by atoms with van der Waals surface area (Å²) in [5.41, 5.74) is 4.21. The highest BCUT2D eigenvalue weighted by Crippen LogP contribution is 2.46. The average molecular weight is 424 g/mol. The number of rotatable bonds is 6. The van der Waals surface area contributed by atoms with E-state index in [1.165, 1.54) is 0 Å². The third-order valence-electron chi connectivity index (χ3n) is 5.35. The highest BCUT2D eigenvalue weighted by Gasteiger charge is 2.24. The number of ether oxygens (including phenoxy) is 2. The topological polar surface area (TPSA) is 58.9 Å². The Labute approximate surface area is 187 Å². The predicted molar refractivity (Wildman–Crippen MR) is 127 cm³/mol. The van der Waals surface area contributed by atoms with Crippen LogP contribution in [0.3, 0.4) is 0 Å². The Balaban J connectivity index is 2.24. The lowest BCUT2D eigenvalue weighted by Gasteiger charge is -2.22. The second kappa shape index (κ2) is 9.31. The molecule has 0 bridgehead atoms. The van der Waals surface area contributed by atoms with Gasteiger partial charge in [0.2, 0.25) is 0 Å². The molecule has 2 N–H and O–H groups in total. The number of phenols is 2. The van der Waals surface area contributed by atoms with Gasteiger partial charge in [-0.1, -0.05) is 72.8 Å². The smallest absolute Gasteiger partial charge is 0.126 e. The van der Waals surface area contributed by atoms with E-state index in [4.69, 9.17) is 9.47 Å². The fraction of sp³-hybridized carbons (Fsp3) is 0.0714. The standard InChI is InChI=1S/C28H24O4/c1-31-25-17-9-5-13-21(25)27(19-11-3-7-15-23(19)29)28(20-12-4-8-16-24(20)30)22-14-6-10-18-26(22)32-2/h3-18,29-30H,1-2H3. The lowest BCUT2D eigenvalue weighted by atomic mass is 9.84. The van der Waals surface area contributed by atoms with E-state index in [2.05, 4.69) is 0 Å². The first kappa shape index (κ1) is 21.1. The van der Waals surface area contributed by atoms with E-state index in [0.717, 1.165) is 11.1 Å². The number of benzene rings is 4. The van der Waals surface area contributed by atoms with Gasteiger partial charge < -0.3 is 19.7 Å². The second-order valence-corrected chi connectivity index (χ2v) is 7.18. The van der Waals surface area contributed by atoms with Crippen LogP contribution in [0.2, 0.25) is 0 Å². The van der Waals surface area contributed by atoms with Crippen LogP contribution >= 0.6 is 0 Å². The minimum absolute atomic E-state index is 0.122. The minimum Gasteiger partial charge on any atom is -0.507 e. The van der Waals surface area contributed by atoms with Crippen molar-refractivity contribution in [3.8, 4) is 23.0 Å². The molecule has 0 atom stereocenters. The largest absolute Gasteiger partial charge is 0.507 e. The summed E-state index contributed by atoms with van der Waals surface area (Å²) in [6.45, 7) is 0. The molecule has 0 aliphatic rings. The third-order valence-corrected chi connectivity index (χ3v) is 5.35. The molecular weight excluding hydrogens is 400 g/mol. The molecule has 0 amide bonds. The SMILES string of the molecule is COc1ccccc1C(=C(c1ccccc1O)c1ccccc1OC)c1ccccc1O. The fourth-order valence-corrected chi connectivity index (χ4v) is 3.90. The maximum absolute atomic E-state index is 10.9. The summed E-state index contributed by atoms with van der Waals surface area (Å²) in [7, 11) is 3.23. The first-order valence-electron chi connectivity index (χ1n) is 10.2. The number of aromatic hydroxyl groups is 2. The van der Waals surface area contributed by atoms with Gasteiger partial charge in [-0.15, -0.1) is 0 Å². The number of para-hydroxylation sites is 4. The van der Waals surface area contributed by atoms with Crippen molar-refractivity contribution in [1.82, 2.24) is 0 Å². The maximum Gasteiger partial charge on any atom is 0.126 e. The predicted octanol–water partition coefficient (Wildman–Crippen LogP) is 6.12. The van der Waals surface area contributed by atoms with E-state index in [1.807, 2.05) is 72.8 Å². The number of hydrogen-bond donors (Lipinski definition) is 2. The molecule has 4 rings (SSSR count). The van der Waals surface area contributed by atoms with E-state index in [9.17, 15) is 10.2 Å². The van der Waals surface area contributed by atoms with Crippen LogP contribution in [0, 0.1) is 0 Å². The van der Waals surface area contributed by atoms with E-state index in [0.29, 0.717) is 33.8 Å². The number of hydrogen-bond acceptors (Lipinski definition) is 4. The van der Waals surface area contributed by atoms with Crippen LogP contribution in [-0.4, -0.2) is 24.4 Å². The van der Waals surface area contributed by atoms with E-state index in [1.54, 1.807) is 38.5 Å². The molecule has 0 aromatic heterocycles. The zero-order valence-corrected chi connectivity index (χ0v) is 17.9.